The average Bonchev–Trinajstić information content (AvgIpc) is 2.76. The Balaban J connectivity index is 2.00. The number of halogens is 2. The van der Waals surface area contributed by atoms with Crippen LogP contribution in [0.2, 0.25) is 10.0 Å². The molecule has 8 nitrogen and oxygen atoms in total. The van der Waals surface area contributed by atoms with Gasteiger partial charge in [0.25, 0.3) is 5.56 Å². The topological polar surface area (TPSA) is 103 Å². The van der Waals surface area contributed by atoms with Crippen molar-refractivity contribution in [3.05, 3.63) is 85.0 Å². The summed E-state index contributed by atoms with van der Waals surface area (Å²) in [6, 6.07) is 13.4. The third kappa shape index (κ3) is 6.65. The number of carboxylic acid groups (broad SMARTS) is 1. The molecule has 0 spiro atoms. The van der Waals surface area contributed by atoms with Crippen LogP contribution < -0.4 is 21.3 Å². The minimum absolute atomic E-state index is 0.00205. The molecular weight excluding hydrogens is 481 g/mol. The molecule has 0 saturated heterocycles. The van der Waals surface area contributed by atoms with Crippen LogP contribution in [0.4, 0.5) is 11.5 Å². The quantitative estimate of drug-likeness (QED) is 0.411. The van der Waals surface area contributed by atoms with Crippen LogP contribution in [0.1, 0.15) is 32.3 Å². The van der Waals surface area contributed by atoms with Gasteiger partial charge in [0.1, 0.15) is 11.6 Å². The van der Waals surface area contributed by atoms with Crippen LogP contribution in [0.25, 0.3) is 0 Å². The Hall–Kier alpha value is -3.23. The fourth-order valence-electron chi connectivity index (χ4n) is 3.31. The number of ether oxygens (including phenoxy) is 1. The summed E-state index contributed by atoms with van der Waals surface area (Å²) >= 11 is 12.3. The number of benzene rings is 2. The van der Waals surface area contributed by atoms with Gasteiger partial charge in [-0.05, 0) is 56.2 Å². The first-order valence-corrected chi connectivity index (χ1v) is 11.4. The van der Waals surface area contributed by atoms with E-state index in [1.807, 2.05) is 13.8 Å². The Labute approximate surface area is 206 Å². The lowest BCUT2D eigenvalue weighted by atomic mass is 10.2. The number of hydrogen-bond acceptors (Lipinski definition) is 5. The number of aliphatic carboxylic acids is 1. The summed E-state index contributed by atoms with van der Waals surface area (Å²) in [4.78, 5) is 36.8. The molecule has 34 heavy (non-hydrogen) atoms. The molecule has 0 aliphatic carbocycles. The van der Waals surface area contributed by atoms with Crippen LogP contribution in [-0.4, -0.2) is 26.3 Å². The zero-order valence-electron chi connectivity index (χ0n) is 18.8. The van der Waals surface area contributed by atoms with Gasteiger partial charge in [0.15, 0.2) is 0 Å². The fraction of sp³-hybridized carbons (Fsp3) is 0.292. The Morgan fingerprint density at radius 3 is 2.38 bits per heavy atom. The zero-order valence-corrected chi connectivity index (χ0v) is 20.3. The van der Waals surface area contributed by atoms with E-state index < -0.39 is 17.2 Å². The molecule has 0 radical (unpaired) electrons. The maximum Gasteiger partial charge on any atom is 0.332 e. The SMILES string of the molecule is CC(C)Oc1ccc(Nc2cc(=O)n(CCCC(=O)O)c(=O)n2Cc2ccc(Cl)cc2)cc1Cl. The van der Waals surface area contributed by atoms with Crippen molar-refractivity contribution in [2.45, 2.75) is 45.9 Å². The lowest BCUT2D eigenvalue weighted by molar-refractivity contribution is -0.137. The summed E-state index contributed by atoms with van der Waals surface area (Å²) < 4.78 is 8.10. The highest BCUT2D eigenvalue weighted by Gasteiger charge is 2.14. The van der Waals surface area contributed by atoms with E-state index in [1.54, 1.807) is 42.5 Å². The second-order valence-corrected chi connectivity index (χ2v) is 8.79. The third-order valence-corrected chi connectivity index (χ3v) is 5.42. The molecule has 0 aliphatic heterocycles. The van der Waals surface area contributed by atoms with Crippen molar-refractivity contribution in [2.75, 3.05) is 5.32 Å². The third-order valence-electron chi connectivity index (χ3n) is 4.87. The van der Waals surface area contributed by atoms with Gasteiger partial charge in [-0.15, -0.1) is 0 Å². The van der Waals surface area contributed by atoms with Crippen LogP contribution in [0.3, 0.4) is 0 Å². The summed E-state index contributed by atoms with van der Waals surface area (Å²) in [6.45, 7) is 3.95. The van der Waals surface area contributed by atoms with Crippen molar-refractivity contribution in [2.24, 2.45) is 0 Å². The van der Waals surface area contributed by atoms with Crippen molar-refractivity contribution in [3.63, 3.8) is 0 Å². The van der Waals surface area contributed by atoms with Gasteiger partial charge in [0, 0.05) is 29.7 Å². The summed E-state index contributed by atoms with van der Waals surface area (Å²) in [5.41, 5.74) is 0.273. The molecule has 3 aromatic rings. The van der Waals surface area contributed by atoms with Crippen LogP contribution in [0.15, 0.2) is 58.1 Å². The van der Waals surface area contributed by atoms with Gasteiger partial charge < -0.3 is 15.2 Å². The Morgan fingerprint density at radius 1 is 1.06 bits per heavy atom. The maximum atomic E-state index is 13.3. The molecule has 0 aliphatic rings. The van der Waals surface area contributed by atoms with Crippen molar-refractivity contribution < 1.29 is 14.6 Å². The highest BCUT2D eigenvalue weighted by molar-refractivity contribution is 6.32. The lowest BCUT2D eigenvalue weighted by Crippen LogP contribution is -2.40. The Kier molecular flexibility index (Phi) is 8.41. The highest BCUT2D eigenvalue weighted by Crippen LogP contribution is 2.29. The van der Waals surface area contributed by atoms with E-state index in [-0.39, 0.29) is 37.9 Å². The predicted molar refractivity (Wildman–Crippen MR) is 133 cm³/mol. The molecular formula is C24H25Cl2N3O5. The van der Waals surface area contributed by atoms with Crippen molar-refractivity contribution in [1.29, 1.82) is 0 Å². The number of anilines is 2. The molecule has 0 bridgehead atoms. The first-order chi connectivity index (χ1) is 16.1. The van der Waals surface area contributed by atoms with Crippen LogP contribution >= 0.6 is 23.2 Å². The highest BCUT2D eigenvalue weighted by atomic mass is 35.5. The standard InChI is InChI=1S/C24H25Cl2N3O5/c1-15(2)34-20-10-9-18(12-19(20)26)27-21-13-22(30)28(11-3-4-23(31)32)24(33)29(21)14-16-5-7-17(25)8-6-16/h5-10,12-13,15,27H,3-4,11,14H2,1-2H3,(H,31,32). The van der Waals surface area contributed by atoms with E-state index in [9.17, 15) is 14.4 Å². The Morgan fingerprint density at radius 2 is 1.76 bits per heavy atom. The minimum atomic E-state index is -0.991. The van der Waals surface area contributed by atoms with E-state index in [2.05, 4.69) is 5.32 Å². The fourth-order valence-corrected chi connectivity index (χ4v) is 3.67. The van der Waals surface area contributed by atoms with E-state index in [0.29, 0.717) is 21.5 Å². The second-order valence-electron chi connectivity index (χ2n) is 7.95. The van der Waals surface area contributed by atoms with Crippen molar-refractivity contribution >= 4 is 40.7 Å². The van der Waals surface area contributed by atoms with E-state index in [0.717, 1.165) is 10.1 Å². The van der Waals surface area contributed by atoms with Gasteiger partial charge in [-0.1, -0.05) is 35.3 Å². The molecule has 0 unspecified atom stereocenters. The summed E-state index contributed by atoms with van der Waals surface area (Å²) in [6.07, 6.45) is -0.0353. The first kappa shape index (κ1) is 25.4. The first-order valence-electron chi connectivity index (χ1n) is 10.7. The smallest absolute Gasteiger partial charge is 0.332 e. The molecule has 1 aromatic heterocycles. The van der Waals surface area contributed by atoms with E-state index in [1.165, 1.54) is 10.6 Å². The molecule has 0 atom stereocenters. The maximum absolute atomic E-state index is 13.3. The molecule has 180 valence electrons. The lowest BCUT2D eigenvalue weighted by Gasteiger charge is -2.18. The molecule has 0 amide bonds. The molecule has 1 heterocycles. The molecule has 10 heteroatoms. The van der Waals surface area contributed by atoms with E-state index >= 15 is 0 Å². The van der Waals surface area contributed by atoms with Gasteiger partial charge >= 0.3 is 11.7 Å². The van der Waals surface area contributed by atoms with Crippen LogP contribution in [0, 0.1) is 0 Å². The molecule has 2 aromatic carbocycles. The number of carbonyl (C=O) groups is 1. The summed E-state index contributed by atoms with van der Waals surface area (Å²) in [7, 11) is 0. The number of hydrogen-bond donors (Lipinski definition) is 2. The van der Waals surface area contributed by atoms with Crippen molar-refractivity contribution in [3.8, 4) is 5.75 Å². The number of rotatable bonds is 10. The summed E-state index contributed by atoms with van der Waals surface area (Å²) in [5, 5.41) is 12.9. The number of carboxylic acids is 1. The molecule has 3 rings (SSSR count). The largest absolute Gasteiger partial charge is 0.489 e. The number of nitrogens with one attached hydrogen (secondary N) is 1. The van der Waals surface area contributed by atoms with Gasteiger partial charge in [-0.25, -0.2) is 4.79 Å². The monoisotopic (exact) mass is 505 g/mol. The Bertz CT molecular complexity index is 1280. The van der Waals surface area contributed by atoms with Gasteiger partial charge in [0.05, 0.1) is 17.7 Å². The minimum Gasteiger partial charge on any atom is -0.489 e. The molecule has 2 N–H and O–H groups in total. The predicted octanol–water partition coefficient (Wildman–Crippen LogP) is 4.76. The zero-order chi connectivity index (χ0) is 24.8. The van der Waals surface area contributed by atoms with Crippen molar-refractivity contribution in [1.82, 2.24) is 9.13 Å². The van der Waals surface area contributed by atoms with Gasteiger partial charge in [0.2, 0.25) is 0 Å². The molecule has 0 saturated carbocycles. The van der Waals surface area contributed by atoms with Crippen LogP contribution in [-0.2, 0) is 17.9 Å². The van der Waals surface area contributed by atoms with Gasteiger partial charge in [-0.3, -0.25) is 18.7 Å². The normalized spacial score (nSPS) is 11.0. The number of nitrogens with zero attached hydrogens (tertiary/aromatic N) is 2. The second kappa shape index (κ2) is 11.3. The number of aromatic nitrogens is 2. The summed E-state index contributed by atoms with van der Waals surface area (Å²) in [5.74, 6) is -0.197. The van der Waals surface area contributed by atoms with Crippen LogP contribution in [0.5, 0.6) is 5.75 Å². The van der Waals surface area contributed by atoms with E-state index in [4.69, 9.17) is 33.0 Å². The molecule has 0 fully saturated rings. The average molecular weight is 506 g/mol. The van der Waals surface area contributed by atoms with Gasteiger partial charge in [-0.2, -0.15) is 0 Å².